The molecule has 0 saturated heterocycles. The van der Waals surface area contributed by atoms with E-state index in [0.29, 0.717) is 12.2 Å². The van der Waals surface area contributed by atoms with Gasteiger partial charge in [-0.2, -0.15) is 5.26 Å². The van der Waals surface area contributed by atoms with Crippen LogP contribution in [0.2, 0.25) is 0 Å². The molecule has 0 fully saturated rings. The van der Waals surface area contributed by atoms with Crippen LogP contribution < -0.4 is 5.32 Å². The summed E-state index contributed by atoms with van der Waals surface area (Å²) in [6.07, 6.45) is 0. The molecule has 0 bridgehead atoms. The molecular weight excluding hydrogens is 260 g/mol. The maximum atomic E-state index is 8.81. The summed E-state index contributed by atoms with van der Waals surface area (Å²) < 4.78 is 5.10. The van der Waals surface area contributed by atoms with Gasteiger partial charge in [0, 0.05) is 19.7 Å². The Bertz CT molecular complexity index is 597. The first-order chi connectivity index (χ1) is 10.2. The van der Waals surface area contributed by atoms with E-state index in [1.54, 1.807) is 7.11 Å². The van der Waals surface area contributed by atoms with Crippen molar-refractivity contribution in [2.24, 2.45) is 0 Å². The van der Waals surface area contributed by atoms with Crippen molar-refractivity contribution < 1.29 is 4.74 Å². The van der Waals surface area contributed by atoms with Crippen molar-refractivity contribution in [3.8, 4) is 6.07 Å². The molecule has 0 amide bonds. The Labute approximate surface area is 126 Å². The second-order valence-electron chi connectivity index (χ2n) is 5.09. The number of hydrogen-bond acceptors (Lipinski definition) is 3. The highest BCUT2D eigenvalue weighted by molar-refractivity contribution is 5.32. The Morgan fingerprint density at radius 2 is 1.67 bits per heavy atom. The van der Waals surface area contributed by atoms with Gasteiger partial charge >= 0.3 is 0 Å². The lowest BCUT2D eigenvalue weighted by atomic mass is 10.1. The molecule has 2 rings (SSSR count). The van der Waals surface area contributed by atoms with Crippen molar-refractivity contribution >= 4 is 0 Å². The Balaban J connectivity index is 1.90. The molecule has 0 saturated carbocycles. The number of nitrogens with one attached hydrogen (secondary N) is 1. The first kappa shape index (κ1) is 15.2. The van der Waals surface area contributed by atoms with Crippen LogP contribution in [-0.4, -0.2) is 7.11 Å². The van der Waals surface area contributed by atoms with Crippen molar-refractivity contribution in [3.63, 3.8) is 0 Å². The van der Waals surface area contributed by atoms with Gasteiger partial charge in [-0.3, -0.25) is 0 Å². The molecule has 0 aliphatic carbocycles. The molecular formula is C18H20N2O. The van der Waals surface area contributed by atoms with E-state index in [4.69, 9.17) is 10.00 Å². The lowest BCUT2D eigenvalue weighted by molar-refractivity contribution is 0.185. The first-order valence-corrected chi connectivity index (χ1v) is 7.03. The molecule has 3 nitrogen and oxygen atoms in total. The quantitative estimate of drug-likeness (QED) is 0.880. The monoisotopic (exact) mass is 280 g/mol. The largest absolute Gasteiger partial charge is 0.380 e. The predicted octanol–water partition coefficient (Wildman–Crippen LogP) is 3.56. The molecule has 2 aromatic carbocycles. The topological polar surface area (TPSA) is 45.0 Å². The first-order valence-electron chi connectivity index (χ1n) is 7.03. The van der Waals surface area contributed by atoms with Crippen molar-refractivity contribution in [1.82, 2.24) is 5.32 Å². The lowest BCUT2D eigenvalue weighted by Crippen LogP contribution is -2.18. The van der Waals surface area contributed by atoms with Crippen LogP contribution in [0.5, 0.6) is 0 Å². The normalized spacial score (nSPS) is 11.9. The van der Waals surface area contributed by atoms with Crippen molar-refractivity contribution in [1.29, 1.82) is 5.26 Å². The summed E-state index contributed by atoms with van der Waals surface area (Å²) in [7, 11) is 1.70. The highest BCUT2D eigenvalue weighted by Crippen LogP contribution is 2.14. The van der Waals surface area contributed by atoms with E-state index < -0.39 is 0 Å². The average Bonchev–Trinajstić information content (AvgIpc) is 2.54. The second kappa shape index (κ2) is 7.58. The maximum absolute atomic E-state index is 8.81. The van der Waals surface area contributed by atoms with Gasteiger partial charge in [0.05, 0.1) is 18.2 Å². The Morgan fingerprint density at radius 3 is 2.24 bits per heavy atom. The van der Waals surface area contributed by atoms with Crippen LogP contribution >= 0.6 is 0 Å². The van der Waals surface area contributed by atoms with Crippen LogP contribution in [0.4, 0.5) is 0 Å². The predicted molar refractivity (Wildman–Crippen MR) is 83.6 cm³/mol. The number of hydrogen-bond donors (Lipinski definition) is 1. The zero-order valence-corrected chi connectivity index (χ0v) is 12.5. The van der Waals surface area contributed by atoms with E-state index in [2.05, 4.69) is 42.6 Å². The van der Waals surface area contributed by atoms with Gasteiger partial charge in [0.2, 0.25) is 0 Å². The summed E-state index contributed by atoms with van der Waals surface area (Å²) in [6.45, 7) is 3.59. The van der Waals surface area contributed by atoms with Crippen LogP contribution in [0.3, 0.4) is 0 Å². The minimum absolute atomic E-state index is 0.247. The van der Waals surface area contributed by atoms with E-state index in [0.717, 1.165) is 6.54 Å². The molecule has 0 spiro atoms. The van der Waals surface area contributed by atoms with Crippen molar-refractivity contribution in [3.05, 3.63) is 70.8 Å². The molecule has 108 valence electrons. The van der Waals surface area contributed by atoms with Crippen LogP contribution in [0.1, 0.15) is 35.2 Å². The van der Waals surface area contributed by atoms with Crippen molar-refractivity contribution in [2.45, 2.75) is 26.1 Å². The van der Waals surface area contributed by atoms with E-state index in [9.17, 15) is 0 Å². The third-order valence-electron chi connectivity index (χ3n) is 3.49. The van der Waals surface area contributed by atoms with Gasteiger partial charge in [0.1, 0.15) is 0 Å². The molecule has 0 aliphatic heterocycles. The van der Waals surface area contributed by atoms with Gasteiger partial charge in [-0.25, -0.2) is 0 Å². The number of rotatable bonds is 6. The average molecular weight is 280 g/mol. The van der Waals surface area contributed by atoms with Gasteiger partial charge in [-0.15, -0.1) is 0 Å². The SMILES string of the molecule is COCc1ccc(CNC(C)c2ccc(C#N)cc2)cc1. The summed E-state index contributed by atoms with van der Waals surface area (Å²) in [5, 5.41) is 12.3. The maximum Gasteiger partial charge on any atom is 0.0991 e. The standard InChI is InChI=1S/C18H20N2O/c1-14(18-9-7-15(11-19)8-10-18)20-12-16-3-5-17(6-4-16)13-21-2/h3-10,14,20H,12-13H2,1-2H3. The zero-order chi connectivity index (χ0) is 15.1. The highest BCUT2D eigenvalue weighted by atomic mass is 16.5. The van der Waals surface area contributed by atoms with Gasteiger partial charge in [-0.1, -0.05) is 36.4 Å². The lowest BCUT2D eigenvalue weighted by Gasteiger charge is -2.14. The molecule has 21 heavy (non-hydrogen) atoms. The van der Waals surface area contributed by atoms with Crippen LogP contribution in [-0.2, 0) is 17.9 Å². The third-order valence-corrected chi connectivity index (χ3v) is 3.49. The number of methoxy groups -OCH3 is 1. The molecule has 0 radical (unpaired) electrons. The summed E-state index contributed by atoms with van der Waals surface area (Å²) in [6, 6.07) is 18.5. The Morgan fingerprint density at radius 1 is 1.05 bits per heavy atom. The van der Waals surface area contributed by atoms with E-state index in [-0.39, 0.29) is 6.04 Å². The molecule has 3 heteroatoms. The van der Waals surface area contributed by atoms with E-state index >= 15 is 0 Å². The number of nitriles is 1. The number of nitrogens with zero attached hydrogens (tertiary/aromatic N) is 1. The smallest absolute Gasteiger partial charge is 0.0991 e. The van der Waals surface area contributed by atoms with Crippen LogP contribution in [0.25, 0.3) is 0 Å². The Hall–Kier alpha value is -2.15. The number of ether oxygens (including phenoxy) is 1. The minimum Gasteiger partial charge on any atom is -0.380 e. The van der Waals surface area contributed by atoms with Crippen LogP contribution in [0.15, 0.2) is 48.5 Å². The zero-order valence-electron chi connectivity index (χ0n) is 12.5. The third kappa shape index (κ3) is 4.42. The molecule has 0 heterocycles. The number of benzene rings is 2. The highest BCUT2D eigenvalue weighted by Gasteiger charge is 2.05. The summed E-state index contributed by atoms with van der Waals surface area (Å²) in [4.78, 5) is 0. The minimum atomic E-state index is 0.247. The summed E-state index contributed by atoms with van der Waals surface area (Å²) in [5.41, 5.74) is 4.31. The second-order valence-corrected chi connectivity index (χ2v) is 5.09. The van der Waals surface area contributed by atoms with Gasteiger partial charge < -0.3 is 10.1 Å². The molecule has 0 aromatic heterocycles. The fourth-order valence-electron chi connectivity index (χ4n) is 2.16. The molecule has 0 aliphatic rings. The Kier molecular flexibility index (Phi) is 5.51. The summed E-state index contributed by atoms with van der Waals surface area (Å²) in [5.74, 6) is 0. The summed E-state index contributed by atoms with van der Waals surface area (Å²) >= 11 is 0. The molecule has 1 unspecified atom stereocenters. The fourth-order valence-corrected chi connectivity index (χ4v) is 2.16. The van der Waals surface area contributed by atoms with Gasteiger partial charge in [0.15, 0.2) is 0 Å². The molecule has 2 aromatic rings. The molecule has 1 N–H and O–H groups in total. The van der Waals surface area contributed by atoms with E-state index in [1.807, 2.05) is 24.3 Å². The van der Waals surface area contributed by atoms with Crippen LogP contribution in [0, 0.1) is 11.3 Å². The van der Waals surface area contributed by atoms with Crippen molar-refractivity contribution in [2.75, 3.05) is 7.11 Å². The van der Waals surface area contributed by atoms with Gasteiger partial charge in [-0.05, 0) is 35.7 Å². The fraction of sp³-hybridized carbons (Fsp3) is 0.278. The van der Waals surface area contributed by atoms with E-state index in [1.165, 1.54) is 16.7 Å². The van der Waals surface area contributed by atoms with Gasteiger partial charge in [0.25, 0.3) is 0 Å². The molecule has 1 atom stereocenters.